The Morgan fingerprint density at radius 3 is 2.64 bits per heavy atom. The predicted molar refractivity (Wildman–Crippen MR) is 84.2 cm³/mol. The first-order valence-corrected chi connectivity index (χ1v) is 8.46. The van der Waals surface area contributed by atoms with E-state index in [4.69, 9.17) is 4.74 Å². The van der Waals surface area contributed by atoms with Crippen molar-refractivity contribution in [2.45, 2.75) is 25.3 Å². The van der Waals surface area contributed by atoms with E-state index in [0.717, 1.165) is 11.1 Å². The van der Waals surface area contributed by atoms with E-state index >= 15 is 0 Å². The van der Waals surface area contributed by atoms with Crippen molar-refractivity contribution >= 4 is 10.0 Å². The molecule has 0 atom stereocenters. The molecule has 7 heteroatoms. The molecule has 0 saturated carbocycles. The fourth-order valence-electron chi connectivity index (χ4n) is 2.18. The van der Waals surface area contributed by atoms with Gasteiger partial charge >= 0.3 is 0 Å². The van der Waals surface area contributed by atoms with Crippen molar-refractivity contribution in [2.24, 2.45) is 7.05 Å². The summed E-state index contributed by atoms with van der Waals surface area (Å²) in [7, 11) is -0.178. The fourth-order valence-corrected chi connectivity index (χ4v) is 3.42. The maximum Gasteiger partial charge on any atom is 0.243 e. The van der Waals surface area contributed by atoms with Gasteiger partial charge in [0.15, 0.2) is 0 Å². The smallest absolute Gasteiger partial charge is 0.243 e. The maximum absolute atomic E-state index is 12.6. The molecule has 0 aliphatic carbocycles. The van der Waals surface area contributed by atoms with Gasteiger partial charge in [-0.1, -0.05) is 0 Å². The Morgan fingerprint density at radius 1 is 1.36 bits per heavy atom. The number of hydrogen-bond acceptors (Lipinski definition) is 4. The lowest BCUT2D eigenvalue weighted by atomic mass is 10.2. The van der Waals surface area contributed by atoms with E-state index in [-0.39, 0.29) is 11.4 Å². The van der Waals surface area contributed by atoms with Gasteiger partial charge in [0, 0.05) is 32.4 Å². The van der Waals surface area contributed by atoms with Crippen LogP contribution in [0.25, 0.3) is 0 Å². The molecule has 0 fully saturated rings. The second-order valence-electron chi connectivity index (χ2n) is 5.14. The van der Waals surface area contributed by atoms with E-state index in [0.29, 0.717) is 12.4 Å². The van der Waals surface area contributed by atoms with Crippen LogP contribution in [0.5, 0.6) is 5.75 Å². The molecule has 1 aromatic heterocycles. The molecule has 0 aliphatic rings. The van der Waals surface area contributed by atoms with Crippen molar-refractivity contribution in [1.82, 2.24) is 14.1 Å². The molecule has 0 amide bonds. The Bertz CT molecular complexity index is 753. The summed E-state index contributed by atoms with van der Waals surface area (Å²) in [6, 6.07) is 4.91. The van der Waals surface area contributed by atoms with E-state index in [2.05, 4.69) is 5.10 Å². The molecule has 120 valence electrons. The molecule has 0 aliphatic heterocycles. The van der Waals surface area contributed by atoms with Gasteiger partial charge in [-0.3, -0.25) is 4.68 Å². The highest BCUT2D eigenvalue weighted by molar-refractivity contribution is 7.89. The summed E-state index contributed by atoms with van der Waals surface area (Å²) >= 11 is 0. The summed E-state index contributed by atoms with van der Waals surface area (Å²) in [6.07, 6.45) is 3.46. The zero-order valence-electron chi connectivity index (χ0n) is 13.3. The molecular formula is C15H21N3O3S. The van der Waals surface area contributed by atoms with Gasteiger partial charge in [0.1, 0.15) is 5.75 Å². The van der Waals surface area contributed by atoms with Crippen LogP contribution in [-0.2, 0) is 23.6 Å². The molecular weight excluding hydrogens is 302 g/mol. The standard InChI is InChI=1S/C15H21N3O3S/c1-5-21-15-7-6-14(8-12(15)2)22(19,20)18(4)11-13-9-16-17(3)10-13/h6-10H,5,11H2,1-4H3. The first-order valence-electron chi connectivity index (χ1n) is 7.02. The molecule has 2 rings (SSSR count). The topological polar surface area (TPSA) is 64.4 Å². The van der Waals surface area contributed by atoms with Crippen molar-refractivity contribution in [3.63, 3.8) is 0 Å². The van der Waals surface area contributed by atoms with Gasteiger partial charge in [-0.2, -0.15) is 9.40 Å². The summed E-state index contributed by atoms with van der Waals surface area (Å²) in [5.74, 6) is 0.705. The zero-order valence-corrected chi connectivity index (χ0v) is 14.1. The highest BCUT2D eigenvalue weighted by Crippen LogP contribution is 2.24. The molecule has 0 N–H and O–H groups in total. The number of ether oxygens (including phenoxy) is 1. The highest BCUT2D eigenvalue weighted by Gasteiger charge is 2.22. The van der Waals surface area contributed by atoms with Gasteiger partial charge in [0.2, 0.25) is 10.0 Å². The fraction of sp³-hybridized carbons (Fsp3) is 0.400. The average molecular weight is 323 g/mol. The summed E-state index contributed by atoms with van der Waals surface area (Å²) in [5.41, 5.74) is 1.65. The molecule has 0 bridgehead atoms. The molecule has 0 saturated heterocycles. The minimum absolute atomic E-state index is 0.264. The second kappa shape index (κ2) is 6.50. The van der Waals surface area contributed by atoms with Gasteiger partial charge < -0.3 is 4.74 Å². The Morgan fingerprint density at radius 2 is 2.09 bits per heavy atom. The van der Waals surface area contributed by atoms with Crippen LogP contribution in [0.15, 0.2) is 35.5 Å². The molecule has 0 radical (unpaired) electrons. The Labute approximate surface area is 131 Å². The Balaban J connectivity index is 2.23. The quantitative estimate of drug-likeness (QED) is 0.815. The van der Waals surface area contributed by atoms with Crippen LogP contribution in [0.3, 0.4) is 0 Å². The molecule has 1 aromatic carbocycles. The number of aromatic nitrogens is 2. The minimum Gasteiger partial charge on any atom is -0.494 e. The third-order valence-electron chi connectivity index (χ3n) is 3.32. The third-order valence-corrected chi connectivity index (χ3v) is 5.12. The number of hydrogen-bond donors (Lipinski definition) is 0. The number of benzene rings is 1. The lowest BCUT2D eigenvalue weighted by molar-refractivity contribution is 0.337. The largest absolute Gasteiger partial charge is 0.494 e. The van der Waals surface area contributed by atoms with Crippen molar-refractivity contribution < 1.29 is 13.2 Å². The number of sulfonamides is 1. The zero-order chi connectivity index (χ0) is 16.3. The third kappa shape index (κ3) is 3.48. The lowest BCUT2D eigenvalue weighted by Crippen LogP contribution is -2.26. The predicted octanol–water partition coefficient (Wildman–Crippen LogP) is 1.95. The number of nitrogens with zero attached hydrogens (tertiary/aromatic N) is 3. The van der Waals surface area contributed by atoms with Crippen LogP contribution in [-0.4, -0.2) is 36.2 Å². The van der Waals surface area contributed by atoms with Gasteiger partial charge in [-0.05, 0) is 37.6 Å². The van der Waals surface area contributed by atoms with Crippen molar-refractivity contribution in [3.05, 3.63) is 41.7 Å². The van der Waals surface area contributed by atoms with E-state index in [1.54, 1.807) is 49.4 Å². The van der Waals surface area contributed by atoms with Crippen LogP contribution < -0.4 is 4.74 Å². The van der Waals surface area contributed by atoms with Crippen LogP contribution in [0.1, 0.15) is 18.1 Å². The molecule has 0 unspecified atom stereocenters. The molecule has 2 aromatic rings. The minimum atomic E-state index is -3.54. The summed E-state index contributed by atoms with van der Waals surface area (Å²) in [4.78, 5) is 0.264. The van der Waals surface area contributed by atoms with E-state index in [1.807, 2.05) is 13.8 Å². The van der Waals surface area contributed by atoms with Gasteiger partial charge in [0.05, 0.1) is 17.7 Å². The summed E-state index contributed by atoms with van der Waals surface area (Å²) in [5, 5.41) is 4.05. The SMILES string of the molecule is CCOc1ccc(S(=O)(=O)N(C)Cc2cnn(C)c2)cc1C. The lowest BCUT2D eigenvalue weighted by Gasteiger charge is -2.17. The van der Waals surface area contributed by atoms with E-state index in [1.165, 1.54) is 4.31 Å². The second-order valence-corrected chi connectivity index (χ2v) is 7.19. The van der Waals surface area contributed by atoms with E-state index in [9.17, 15) is 8.42 Å². The Kier molecular flexibility index (Phi) is 4.87. The van der Waals surface area contributed by atoms with Crippen LogP contribution in [0, 0.1) is 6.92 Å². The normalized spacial score (nSPS) is 11.9. The van der Waals surface area contributed by atoms with E-state index < -0.39 is 10.0 Å². The van der Waals surface area contributed by atoms with Crippen molar-refractivity contribution in [2.75, 3.05) is 13.7 Å². The van der Waals surface area contributed by atoms with Crippen LogP contribution in [0.2, 0.25) is 0 Å². The average Bonchev–Trinajstić information content (AvgIpc) is 2.86. The van der Waals surface area contributed by atoms with Crippen molar-refractivity contribution in [3.8, 4) is 5.75 Å². The van der Waals surface area contributed by atoms with Gasteiger partial charge in [0.25, 0.3) is 0 Å². The molecule has 6 nitrogen and oxygen atoms in total. The Hall–Kier alpha value is -1.86. The number of aryl methyl sites for hydroxylation is 2. The van der Waals surface area contributed by atoms with Crippen LogP contribution in [0.4, 0.5) is 0 Å². The first-order chi connectivity index (χ1) is 10.3. The first kappa shape index (κ1) is 16.5. The van der Waals surface area contributed by atoms with Crippen LogP contribution >= 0.6 is 0 Å². The molecule has 22 heavy (non-hydrogen) atoms. The molecule has 1 heterocycles. The van der Waals surface area contributed by atoms with Gasteiger partial charge in [-0.25, -0.2) is 8.42 Å². The van der Waals surface area contributed by atoms with Gasteiger partial charge in [-0.15, -0.1) is 0 Å². The summed E-state index contributed by atoms with van der Waals surface area (Å²) < 4.78 is 33.7. The van der Waals surface area contributed by atoms with Crippen molar-refractivity contribution in [1.29, 1.82) is 0 Å². The summed E-state index contributed by atoms with van der Waals surface area (Å²) in [6.45, 7) is 4.56. The monoisotopic (exact) mass is 323 g/mol. The number of rotatable bonds is 6. The highest BCUT2D eigenvalue weighted by atomic mass is 32.2. The maximum atomic E-state index is 12.6. The molecule has 0 spiro atoms.